The van der Waals surface area contributed by atoms with Gasteiger partial charge in [-0.05, 0) is 24.1 Å². The largest absolute Gasteiger partial charge is 0.494 e. The molecule has 2 N–H and O–H groups in total. The van der Waals surface area contributed by atoms with E-state index in [0.29, 0.717) is 13.1 Å². The molecule has 1 aromatic carbocycles. The number of aliphatic carboxylic acids is 1. The third-order valence-electron chi connectivity index (χ3n) is 2.24. The molecular formula is C13H19NO3. The van der Waals surface area contributed by atoms with Gasteiger partial charge >= 0.3 is 5.97 Å². The molecule has 0 saturated heterocycles. The third kappa shape index (κ3) is 5.92. The number of carboxylic acid groups (broad SMARTS) is 1. The number of carboxylic acids is 1. The Balaban J connectivity index is 2.27. The monoisotopic (exact) mass is 237 g/mol. The summed E-state index contributed by atoms with van der Waals surface area (Å²) < 4.78 is 5.47. The quantitative estimate of drug-likeness (QED) is 0.679. The summed E-state index contributed by atoms with van der Waals surface area (Å²) in [6, 6.07) is 7.84. The summed E-state index contributed by atoms with van der Waals surface area (Å²) in [7, 11) is 0. The number of ether oxygens (including phenoxy) is 1. The zero-order valence-electron chi connectivity index (χ0n) is 10.1. The second-order valence-corrected chi connectivity index (χ2v) is 3.81. The van der Waals surface area contributed by atoms with Crippen LogP contribution in [0.25, 0.3) is 0 Å². The fourth-order valence-electron chi connectivity index (χ4n) is 1.35. The Kier molecular flexibility index (Phi) is 6.10. The van der Waals surface area contributed by atoms with Gasteiger partial charge in [0.05, 0.1) is 13.0 Å². The molecule has 0 aliphatic carbocycles. The molecule has 0 aromatic heterocycles. The van der Waals surface area contributed by atoms with Crippen LogP contribution in [0.4, 0.5) is 0 Å². The summed E-state index contributed by atoms with van der Waals surface area (Å²) in [5.74, 6) is 0.0990. The lowest BCUT2D eigenvalue weighted by Gasteiger charge is -2.06. The van der Waals surface area contributed by atoms with Crippen molar-refractivity contribution in [1.82, 2.24) is 5.32 Å². The summed E-state index contributed by atoms with van der Waals surface area (Å²) in [5, 5.41) is 11.5. The molecule has 0 bridgehead atoms. The lowest BCUT2D eigenvalue weighted by Crippen LogP contribution is -2.17. The van der Waals surface area contributed by atoms with Crippen LogP contribution in [0.3, 0.4) is 0 Å². The maximum Gasteiger partial charge on any atom is 0.304 e. The average Bonchev–Trinajstić information content (AvgIpc) is 2.33. The lowest BCUT2D eigenvalue weighted by atomic mass is 10.2. The minimum atomic E-state index is -0.777. The molecule has 4 heteroatoms. The van der Waals surface area contributed by atoms with Gasteiger partial charge < -0.3 is 15.2 Å². The zero-order chi connectivity index (χ0) is 12.5. The highest BCUT2D eigenvalue weighted by molar-refractivity contribution is 5.66. The van der Waals surface area contributed by atoms with Gasteiger partial charge in [-0.15, -0.1) is 0 Å². The molecule has 0 unspecified atom stereocenters. The van der Waals surface area contributed by atoms with Crippen LogP contribution in [0.15, 0.2) is 24.3 Å². The van der Waals surface area contributed by atoms with Crippen molar-refractivity contribution < 1.29 is 14.6 Å². The van der Waals surface area contributed by atoms with Crippen LogP contribution in [0.1, 0.15) is 25.3 Å². The van der Waals surface area contributed by atoms with Crippen molar-refractivity contribution >= 4 is 5.97 Å². The van der Waals surface area contributed by atoms with E-state index in [2.05, 4.69) is 12.2 Å². The number of nitrogens with one attached hydrogen (secondary N) is 1. The molecular weight excluding hydrogens is 218 g/mol. The number of rotatable bonds is 8. The maximum atomic E-state index is 10.3. The van der Waals surface area contributed by atoms with Crippen molar-refractivity contribution in [3.63, 3.8) is 0 Å². The summed E-state index contributed by atoms with van der Waals surface area (Å²) in [5.41, 5.74) is 1.12. The molecule has 0 radical (unpaired) electrons. The fourth-order valence-corrected chi connectivity index (χ4v) is 1.35. The molecule has 0 spiro atoms. The van der Waals surface area contributed by atoms with Gasteiger partial charge in [0.25, 0.3) is 0 Å². The van der Waals surface area contributed by atoms with Crippen LogP contribution < -0.4 is 10.1 Å². The highest BCUT2D eigenvalue weighted by Crippen LogP contribution is 2.12. The van der Waals surface area contributed by atoms with Crippen molar-refractivity contribution in [2.45, 2.75) is 26.3 Å². The number of benzene rings is 1. The number of hydrogen-bond donors (Lipinski definition) is 2. The van der Waals surface area contributed by atoms with Crippen LogP contribution >= 0.6 is 0 Å². The Morgan fingerprint density at radius 2 is 2.06 bits per heavy atom. The van der Waals surface area contributed by atoms with Crippen molar-refractivity contribution in [2.75, 3.05) is 13.2 Å². The van der Waals surface area contributed by atoms with Crippen LogP contribution in [0, 0.1) is 0 Å². The lowest BCUT2D eigenvalue weighted by molar-refractivity contribution is -0.136. The van der Waals surface area contributed by atoms with Crippen molar-refractivity contribution in [2.24, 2.45) is 0 Å². The molecule has 0 saturated carbocycles. The molecule has 1 aromatic rings. The second kappa shape index (κ2) is 7.68. The minimum Gasteiger partial charge on any atom is -0.494 e. The first kappa shape index (κ1) is 13.5. The van der Waals surface area contributed by atoms with E-state index in [1.54, 1.807) is 0 Å². The Labute approximate surface area is 102 Å². The first-order chi connectivity index (χ1) is 8.22. The summed E-state index contributed by atoms with van der Waals surface area (Å²) in [6.07, 6.45) is 1.15. The smallest absolute Gasteiger partial charge is 0.304 e. The molecule has 0 aliphatic heterocycles. The van der Waals surface area contributed by atoms with E-state index in [1.165, 1.54) is 0 Å². The van der Waals surface area contributed by atoms with Gasteiger partial charge in [-0.2, -0.15) is 0 Å². The SMILES string of the molecule is CCCOc1ccc(CNCCC(=O)O)cc1. The van der Waals surface area contributed by atoms with Gasteiger partial charge in [0, 0.05) is 13.1 Å². The van der Waals surface area contributed by atoms with E-state index in [9.17, 15) is 4.79 Å². The molecule has 94 valence electrons. The van der Waals surface area contributed by atoms with E-state index in [1.807, 2.05) is 24.3 Å². The summed E-state index contributed by atoms with van der Waals surface area (Å²) in [6.45, 7) is 3.97. The topological polar surface area (TPSA) is 58.6 Å². The van der Waals surface area contributed by atoms with Crippen molar-refractivity contribution in [3.05, 3.63) is 29.8 Å². The van der Waals surface area contributed by atoms with Gasteiger partial charge in [0.2, 0.25) is 0 Å². The number of hydrogen-bond acceptors (Lipinski definition) is 3. The van der Waals surface area contributed by atoms with Gasteiger partial charge in [0.1, 0.15) is 5.75 Å². The van der Waals surface area contributed by atoms with Gasteiger partial charge in [0.15, 0.2) is 0 Å². The third-order valence-corrected chi connectivity index (χ3v) is 2.24. The van der Waals surface area contributed by atoms with E-state index in [4.69, 9.17) is 9.84 Å². The van der Waals surface area contributed by atoms with Crippen LogP contribution in [-0.4, -0.2) is 24.2 Å². The molecule has 0 amide bonds. The molecule has 0 fully saturated rings. The van der Waals surface area contributed by atoms with Gasteiger partial charge in [-0.25, -0.2) is 0 Å². The van der Waals surface area contributed by atoms with E-state index < -0.39 is 5.97 Å². The van der Waals surface area contributed by atoms with Crippen molar-refractivity contribution in [1.29, 1.82) is 0 Å². The highest BCUT2D eigenvalue weighted by Gasteiger charge is 1.97. The Hall–Kier alpha value is -1.55. The van der Waals surface area contributed by atoms with E-state index in [-0.39, 0.29) is 6.42 Å². The van der Waals surface area contributed by atoms with E-state index in [0.717, 1.165) is 24.3 Å². The number of carbonyl (C=O) groups is 1. The molecule has 0 atom stereocenters. The molecule has 0 aliphatic rings. The first-order valence-corrected chi connectivity index (χ1v) is 5.86. The average molecular weight is 237 g/mol. The highest BCUT2D eigenvalue weighted by atomic mass is 16.5. The maximum absolute atomic E-state index is 10.3. The van der Waals surface area contributed by atoms with Crippen molar-refractivity contribution in [3.8, 4) is 5.75 Å². The molecule has 4 nitrogen and oxygen atoms in total. The summed E-state index contributed by atoms with van der Waals surface area (Å²) in [4.78, 5) is 10.3. The van der Waals surface area contributed by atoms with E-state index >= 15 is 0 Å². The molecule has 0 heterocycles. The van der Waals surface area contributed by atoms with Gasteiger partial charge in [-0.3, -0.25) is 4.79 Å². The fraction of sp³-hybridized carbons (Fsp3) is 0.462. The Morgan fingerprint density at radius 1 is 1.35 bits per heavy atom. The van der Waals surface area contributed by atoms with Crippen LogP contribution in [0.2, 0.25) is 0 Å². The predicted molar refractivity (Wildman–Crippen MR) is 66.2 cm³/mol. The van der Waals surface area contributed by atoms with Gasteiger partial charge in [-0.1, -0.05) is 19.1 Å². The second-order valence-electron chi connectivity index (χ2n) is 3.81. The van der Waals surface area contributed by atoms with Crippen LogP contribution in [0.5, 0.6) is 5.75 Å². The Bertz CT molecular complexity index is 335. The zero-order valence-corrected chi connectivity index (χ0v) is 10.1. The van der Waals surface area contributed by atoms with Crippen LogP contribution in [-0.2, 0) is 11.3 Å². The normalized spacial score (nSPS) is 10.2. The molecule has 17 heavy (non-hydrogen) atoms. The summed E-state index contributed by atoms with van der Waals surface area (Å²) >= 11 is 0. The minimum absolute atomic E-state index is 0.150. The standard InChI is InChI=1S/C13H19NO3/c1-2-9-17-12-5-3-11(4-6-12)10-14-8-7-13(15)16/h3-6,14H,2,7-10H2,1H3,(H,15,16). The first-order valence-electron chi connectivity index (χ1n) is 5.86. The Morgan fingerprint density at radius 3 is 2.65 bits per heavy atom. The molecule has 1 rings (SSSR count). The predicted octanol–water partition coefficient (Wildman–Crippen LogP) is 2.04.